The average molecular weight is 339 g/mol. The summed E-state index contributed by atoms with van der Waals surface area (Å²) in [7, 11) is 1.67. The summed E-state index contributed by atoms with van der Waals surface area (Å²) < 4.78 is 7.21. The molecule has 0 bridgehead atoms. The number of ether oxygens (including phenoxy) is 1. The van der Waals surface area contributed by atoms with Gasteiger partial charge < -0.3 is 10.1 Å². The number of rotatable bonds is 7. The molecule has 6 nitrogen and oxygen atoms in total. The van der Waals surface area contributed by atoms with E-state index in [4.69, 9.17) is 4.74 Å². The predicted molar refractivity (Wildman–Crippen MR) is 98.5 cm³/mol. The van der Waals surface area contributed by atoms with Crippen molar-refractivity contribution >= 4 is 0 Å². The van der Waals surface area contributed by atoms with Gasteiger partial charge in [-0.15, -0.1) is 0 Å². The normalized spacial score (nSPS) is 12.3. The third kappa shape index (κ3) is 3.74. The van der Waals surface area contributed by atoms with Crippen LogP contribution < -0.4 is 10.1 Å². The van der Waals surface area contributed by atoms with Crippen LogP contribution in [0.15, 0.2) is 36.5 Å². The van der Waals surface area contributed by atoms with Crippen LogP contribution in [0.2, 0.25) is 0 Å². The summed E-state index contributed by atoms with van der Waals surface area (Å²) in [5.41, 5.74) is 5.50. The second kappa shape index (κ2) is 7.53. The molecule has 0 saturated carbocycles. The van der Waals surface area contributed by atoms with Crippen LogP contribution in [0, 0.1) is 6.92 Å². The molecule has 3 rings (SSSR count). The molecule has 0 amide bonds. The molecule has 0 aliphatic heterocycles. The zero-order chi connectivity index (χ0) is 17.8. The lowest BCUT2D eigenvalue weighted by Gasteiger charge is -2.13. The molecule has 0 radical (unpaired) electrons. The summed E-state index contributed by atoms with van der Waals surface area (Å²) in [4.78, 5) is 0. The monoisotopic (exact) mass is 339 g/mol. The second-order valence-corrected chi connectivity index (χ2v) is 6.11. The summed E-state index contributed by atoms with van der Waals surface area (Å²) in [5, 5.41) is 15.5. The van der Waals surface area contributed by atoms with Gasteiger partial charge in [0.2, 0.25) is 0 Å². The molecule has 132 valence electrons. The van der Waals surface area contributed by atoms with Crippen LogP contribution in [-0.4, -0.2) is 27.1 Å². The van der Waals surface area contributed by atoms with Gasteiger partial charge in [-0.25, -0.2) is 0 Å². The second-order valence-electron chi connectivity index (χ2n) is 6.11. The number of aromatic amines is 1. The largest absolute Gasteiger partial charge is 0.497 e. The highest BCUT2D eigenvalue weighted by Gasteiger charge is 2.13. The number of hydrogen-bond donors (Lipinski definition) is 2. The maximum Gasteiger partial charge on any atom is 0.118 e. The molecular weight excluding hydrogens is 314 g/mol. The van der Waals surface area contributed by atoms with Gasteiger partial charge in [-0.1, -0.05) is 0 Å². The number of nitrogens with one attached hydrogen (secondary N) is 2. The molecule has 1 unspecified atom stereocenters. The molecule has 1 aromatic carbocycles. The first-order chi connectivity index (χ1) is 12.1. The molecular formula is C19H25N5O. The molecule has 0 fully saturated rings. The van der Waals surface area contributed by atoms with E-state index in [0.717, 1.165) is 35.8 Å². The summed E-state index contributed by atoms with van der Waals surface area (Å²) in [6.07, 6.45) is 1.95. The van der Waals surface area contributed by atoms with Crippen molar-refractivity contribution in [3.05, 3.63) is 53.5 Å². The van der Waals surface area contributed by atoms with Gasteiger partial charge >= 0.3 is 0 Å². The van der Waals surface area contributed by atoms with Gasteiger partial charge in [-0.2, -0.15) is 10.2 Å². The van der Waals surface area contributed by atoms with E-state index in [9.17, 15) is 0 Å². The van der Waals surface area contributed by atoms with Gasteiger partial charge in [-0.05, 0) is 51.1 Å². The van der Waals surface area contributed by atoms with Crippen LogP contribution in [0.25, 0.3) is 11.3 Å². The molecule has 25 heavy (non-hydrogen) atoms. The summed E-state index contributed by atoms with van der Waals surface area (Å²) in [6, 6.07) is 10.2. The van der Waals surface area contributed by atoms with Crippen molar-refractivity contribution in [3.63, 3.8) is 0 Å². The third-order valence-electron chi connectivity index (χ3n) is 4.52. The average Bonchev–Trinajstić information content (AvgIpc) is 3.26. The number of nitrogens with zero attached hydrogens (tertiary/aromatic N) is 3. The Morgan fingerprint density at radius 1 is 1.28 bits per heavy atom. The molecule has 0 saturated heterocycles. The van der Waals surface area contributed by atoms with E-state index in [0.29, 0.717) is 0 Å². The fourth-order valence-electron chi connectivity index (χ4n) is 2.94. The Morgan fingerprint density at radius 2 is 2.04 bits per heavy atom. The zero-order valence-electron chi connectivity index (χ0n) is 15.2. The molecule has 0 spiro atoms. The first-order valence-corrected chi connectivity index (χ1v) is 8.56. The van der Waals surface area contributed by atoms with E-state index in [1.165, 1.54) is 11.3 Å². The first-order valence-electron chi connectivity index (χ1n) is 8.56. The van der Waals surface area contributed by atoms with Crippen LogP contribution in [0.4, 0.5) is 0 Å². The van der Waals surface area contributed by atoms with Crippen molar-refractivity contribution in [1.29, 1.82) is 0 Å². The Morgan fingerprint density at radius 3 is 2.68 bits per heavy atom. The molecule has 3 aromatic rings. The molecule has 0 aliphatic rings. The van der Waals surface area contributed by atoms with Gasteiger partial charge in [0.25, 0.3) is 0 Å². The summed E-state index contributed by atoms with van der Waals surface area (Å²) in [5.74, 6) is 0.845. The Labute approximate surface area is 148 Å². The van der Waals surface area contributed by atoms with E-state index in [1.54, 1.807) is 7.11 Å². The fourth-order valence-corrected chi connectivity index (χ4v) is 2.94. The van der Waals surface area contributed by atoms with E-state index < -0.39 is 0 Å². The maximum absolute atomic E-state index is 5.19. The summed E-state index contributed by atoms with van der Waals surface area (Å²) >= 11 is 0. The number of aromatic nitrogens is 4. The summed E-state index contributed by atoms with van der Waals surface area (Å²) in [6.45, 7) is 7.99. The highest BCUT2D eigenvalue weighted by Crippen LogP contribution is 2.22. The Bertz CT molecular complexity index is 819. The lowest BCUT2D eigenvalue weighted by molar-refractivity contribution is 0.415. The van der Waals surface area contributed by atoms with Crippen LogP contribution in [0.1, 0.15) is 36.8 Å². The van der Waals surface area contributed by atoms with Crippen molar-refractivity contribution in [2.24, 2.45) is 0 Å². The molecule has 2 heterocycles. The number of methoxy groups -OCH3 is 1. The minimum absolute atomic E-state index is 0.230. The maximum atomic E-state index is 5.19. The topological polar surface area (TPSA) is 67.8 Å². The molecule has 2 aromatic heterocycles. The lowest BCUT2D eigenvalue weighted by Crippen LogP contribution is -2.19. The fraction of sp³-hybridized carbons (Fsp3) is 0.368. The van der Waals surface area contributed by atoms with Gasteiger partial charge in [0, 0.05) is 41.6 Å². The molecule has 1 atom stereocenters. The van der Waals surface area contributed by atoms with Crippen LogP contribution in [0.5, 0.6) is 5.75 Å². The zero-order valence-corrected chi connectivity index (χ0v) is 15.2. The third-order valence-corrected chi connectivity index (χ3v) is 4.52. The quantitative estimate of drug-likeness (QED) is 0.692. The Hall–Kier alpha value is -2.60. The van der Waals surface area contributed by atoms with Gasteiger partial charge in [0.1, 0.15) is 5.75 Å². The highest BCUT2D eigenvalue weighted by atomic mass is 16.5. The predicted octanol–water partition coefficient (Wildman–Crippen LogP) is 3.46. The van der Waals surface area contributed by atoms with Gasteiger partial charge in [-0.3, -0.25) is 9.78 Å². The van der Waals surface area contributed by atoms with Crippen molar-refractivity contribution in [3.8, 4) is 17.0 Å². The number of hydrogen-bond acceptors (Lipinski definition) is 4. The van der Waals surface area contributed by atoms with Crippen molar-refractivity contribution in [2.45, 2.75) is 39.9 Å². The molecule has 6 heteroatoms. The van der Waals surface area contributed by atoms with E-state index >= 15 is 0 Å². The minimum atomic E-state index is 0.230. The highest BCUT2D eigenvalue weighted by molar-refractivity contribution is 5.60. The lowest BCUT2D eigenvalue weighted by atomic mass is 10.1. The van der Waals surface area contributed by atoms with Crippen molar-refractivity contribution in [1.82, 2.24) is 25.3 Å². The smallest absolute Gasteiger partial charge is 0.118 e. The van der Waals surface area contributed by atoms with Gasteiger partial charge in [0.15, 0.2) is 0 Å². The standard InChI is InChI=1S/C19H25N5O/c1-5-24-14(3)18(12-21-24)13(2)20-11-16-10-19(23-22-16)15-6-8-17(25-4)9-7-15/h6-10,12-13,20H,5,11H2,1-4H3,(H,22,23). The van der Waals surface area contributed by atoms with E-state index in [2.05, 4.69) is 47.5 Å². The first kappa shape index (κ1) is 17.2. The Kier molecular flexibility index (Phi) is 5.19. The van der Waals surface area contributed by atoms with Gasteiger partial charge in [0.05, 0.1) is 19.0 Å². The molecule has 0 aliphatic carbocycles. The Balaban J connectivity index is 1.63. The van der Waals surface area contributed by atoms with E-state index in [-0.39, 0.29) is 6.04 Å². The SMILES string of the molecule is CCn1ncc(C(C)NCc2cc(-c3ccc(OC)cc3)n[nH]2)c1C. The van der Waals surface area contributed by atoms with Crippen LogP contribution in [-0.2, 0) is 13.1 Å². The number of H-pyrrole nitrogens is 1. The van der Waals surface area contributed by atoms with Crippen LogP contribution >= 0.6 is 0 Å². The molecule has 2 N–H and O–H groups in total. The van der Waals surface area contributed by atoms with Crippen molar-refractivity contribution in [2.75, 3.05) is 7.11 Å². The number of benzene rings is 1. The minimum Gasteiger partial charge on any atom is -0.497 e. The van der Waals surface area contributed by atoms with Crippen LogP contribution in [0.3, 0.4) is 0 Å². The van der Waals surface area contributed by atoms with E-state index in [1.807, 2.05) is 35.1 Å². The van der Waals surface area contributed by atoms with Crippen molar-refractivity contribution < 1.29 is 4.74 Å². The number of aryl methyl sites for hydroxylation is 1.